The maximum Gasteiger partial charge on any atom is 0.240 e. The highest BCUT2D eigenvalue weighted by atomic mass is 32.2. The Morgan fingerprint density at radius 2 is 2.13 bits per heavy atom. The highest BCUT2D eigenvalue weighted by Crippen LogP contribution is 2.20. The first-order valence-electron chi connectivity index (χ1n) is 7.85. The van der Waals surface area contributed by atoms with Gasteiger partial charge in [-0.3, -0.25) is 4.79 Å². The number of nitrogens with two attached hydrogens (primary N) is 1. The predicted molar refractivity (Wildman–Crippen MR) is 97.4 cm³/mol. The summed E-state index contributed by atoms with van der Waals surface area (Å²) < 4.78 is 2.00. The Morgan fingerprint density at radius 1 is 1.43 bits per heavy atom. The Labute approximate surface area is 142 Å². The molecule has 0 aliphatic rings. The molecule has 0 aliphatic carbocycles. The molecule has 6 heteroatoms. The molecule has 0 spiro atoms. The van der Waals surface area contributed by atoms with Crippen LogP contribution in [0.25, 0.3) is 11.0 Å². The molecule has 2 aromatic rings. The second kappa shape index (κ2) is 7.36. The van der Waals surface area contributed by atoms with Crippen LogP contribution in [0, 0.1) is 5.92 Å². The van der Waals surface area contributed by atoms with Crippen molar-refractivity contribution in [3.05, 3.63) is 30.1 Å². The molecule has 23 heavy (non-hydrogen) atoms. The van der Waals surface area contributed by atoms with Gasteiger partial charge in [0.05, 0.1) is 22.3 Å². The van der Waals surface area contributed by atoms with Gasteiger partial charge in [-0.15, -0.1) is 0 Å². The number of amides is 1. The fraction of sp³-hybridized carbons (Fsp3) is 0.529. The van der Waals surface area contributed by atoms with E-state index in [4.69, 9.17) is 5.73 Å². The SMILES string of the molecule is CSCc1nc2ccccc2n1CC(=O)NC(C)(CN)C(C)C. The molecule has 0 radical (unpaired) electrons. The molecule has 0 fully saturated rings. The van der Waals surface area contributed by atoms with E-state index in [1.807, 2.05) is 42.0 Å². The van der Waals surface area contributed by atoms with Gasteiger partial charge in [-0.25, -0.2) is 4.98 Å². The van der Waals surface area contributed by atoms with Gasteiger partial charge < -0.3 is 15.6 Å². The van der Waals surface area contributed by atoms with E-state index in [0.29, 0.717) is 6.54 Å². The van der Waals surface area contributed by atoms with Gasteiger partial charge in [0.2, 0.25) is 5.91 Å². The van der Waals surface area contributed by atoms with E-state index in [9.17, 15) is 4.79 Å². The summed E-state index contributed by atoms with van der Waals surface area (Å²) >= 11 is 1.70. The molecule has 1 heterocycles. The molecule has 3 N–H and O–H groups in total. The monoisotopic (exact) mass is 334 g/mol. The first-order chi connectivity index (χ1) is 10.9. The molecule has 1 aromatic heterocycles. The van der Waals surface area contributed by atoms with Crippen LogP contribution < -0.4 is 11.1 Å². The molecular formula is C17H26N4OS. The lowest BCUT2D eigenvalue weighted by molar-refractivity contribution is -0.123. The van der Waals surface area contributed by atoms with Crippen molar-refractivity contribution in [1.82, 2.24) is 14.9 Å². The van der Waals surface area contributed by atoms with E-state index >= 15 is 0 Å². The van der Waals surface area contributed by atoms with E-state index in [2.05, 4.69) is 24.1 Å². The maximum atomic E-state index is 12.6. The molecule has 126 valence electrons. The highest BCUT2D eigenvalue weighted by molar-refractivity contribution is 7.97. The number of carbonyl (C=O) groups excluding carboxylic acids is 1. The molecule has 0 bridgehead atoms. The van der Waals surface area contributed by atoms with Gasteiger partial charge in [-0.05, 0) is 31.2 Å². The standard InChI is InChI=1S/C17H26N4OS/c1-12(2)17(3,11-18)20-16(22)9-21-14-8-6-5-7-13(14)19-15(21)10-23-4/h5-8,12H,9-11,18H2,1-4H3,(H,20,22). The quantitative estimate of drug-likeness (QED) is 0.815. The number of para-hydroxylation sites is 2. The minimum absolute atomic E-state index is 0.0304. The zero-order valence-corrected chi connectivity index (χ0v) is 15.1. The lowest BCUT2D eigenvalue weighted by atomic mass is 9.88. The number of aromatic nitrogens is 2. The van der Waals surface area contributed by atoms with Crippen LogP contribution in [0.15, 0.2) is 24.3 Å². The first kappa shape index (κ1) is 17.8. The summed E-state index contributed by atoms with van der Waals surface area (Å²) in [5.74, 6) is 1.94. The number of nitrogens with one attached hydrogen (secondary N) is 1. The minimum Gasteiger partial charge on any atom is -0.348 e. The Morgan fingerprint density at radius 3 is 2.74 bits per heavy atom. The third-order valence-corrected chi connectivity index (χ3v) is 4.98. The molecule has 5 nitrogen and oxygen atoms in total. The number of imidazole rings is 1. The van der Waals surface area contributed by atoms with Gasteiger partial charge in [0.15, 0.2) is 0 Å². The van der Waals surface area contributed by atoms with Crippen molar-refractivity contribution < 1.29 is 4.79 Å². The van der Waals surface area contributed by atoms with Crippen LogP contribution in [-0.4, -0.2) is 33.8 Å². The summed E-state index contributed by atoms with van der Waals surface area (Å²) in [6.07, 6.45) is 2.04. The fourth-order valence-corrected chi connectivity index (χ4v) is 2.95. The van der Waals surface area contributed by atoms with Gasteiger partial charge >= 0.3 is 0 Å². The minimum atomic E-state index is -0.396. The summed E-state index contributed by atoms with van der Waals surface area (Å²) in [4.78, 5) is 17.2. The molecule has 1 atom stereocenters. The third kappa shape index (κ3) is 3.87. The summed E-state index contributed by atoms with van der Waals surface area (Å²) in [6, 6.07) is 7.92. The van der Waals surface area contributed by atoms with Crippen molar-refractivity contribution in [2.75, 3.05) is 12.8 Å². The average Bonchev–Trinajstić information content (AvgIpc) is 2.85. The fourth-order valence-electron chi connectivity index (χ4n) is 2.47. The van der Waals surface area contributed by atoms with Gasteiger partial charge in [-0.1, -0.05) is 26.0 Å². The van der Waals surface area contributed by atoms with Crippen LogP contribution in [0.1, 0.15) is 26.6 Å². The molecule has 1 aromatic carbocycles. The zero-order valence-electron chi connectivity index (χ0n) is 14.3. The van der Waals surface area contributed by atoms with E-state index in [1.165, 1.54) is 0 Å². The zero-order chi connectivity index (χ0) is 17.0. The van der Waals surface area contributed by atoms with Crippen LogP contribution in [0.2, 0.25) is 0 Å². The topological polar surface area (TPSA) is 72.9 Å². The number of hydrogen-bond acceptors (Lipinski definition) is 4. The third-order valence-electron chi connectivity index (χ3n) is 4.43. The molecule has 1 amide bonds. The summed E-state index contributed by atoms with van der Waals surface area (Å²) in [5.41, 5.74) is 7.38. The second-order valence-electron chi connectivity index (χ2n) is 6.36. The predicted octanol–water partition coefficient (Wildman–Crippen LogP) is 2.39. The normalized spacial score (nSPS) is 14.2. The Kier molecular flexibility index (Phi) is 5.70. The molecule has 0 aliphatic heterocycles. The lowest BCUT2D eigenvalue weighted by Crippen LogP contribution is -2.55. The largest absolute Gasteiger partial charge is 0.348 e. The summed E-state index contributed by atoms with van der Waals surface area (Å²) in [7, 11) is 0. The second-order valence-corrected chi connectivity index (χ2v) is 7.23. The summed E-state index contributed by atoms with van der Waals surface area (Å²) in [5, 5.41) is 3.10. The lowest BCUT2D eigenvalue weighted by Gasteiger charge is -2.33. The highest BCUT2D eigenvalue weighted by Gasteiger charge is 2.28. The Hall–Kier alpha value is -1.53. The van der Waals surface area contributed by atoms with Crippen molar-refractivity contribution in [3.63, 3.8) is 0 Å². The first-order valence-corrected chi connectivity index (χ1v) is 9.25. The number of nitrogens with zero attached hydrogens (tertiary/aromatic N) is 2. The molecule has 0 saturated heterocycles. The number of fused-ring (bicyclic) bond motifs is 1. The van der Waals surface area contributed by atoms with E-state index in [0.717, 1.165) is 22.6 Å². The van der Waals surface area contributed by atoms with Crippen LogP contribution >= 0.6 is 11.8 Å². The van der Waals surface area contributed by atoms with Gasteiger partial charge in [0.25, 0.3) is 0 Å². The maximum absolute atomic E-state index is 12.6. The van der Waals surface area contributed by atoms with Crippen LogP contribution in [0.5, 0.6) is 0 Å². The summed E-state index contributed by atoms with van der Waals surface area (Å²) in [6.45, 7) is 6.81. The van der Waals surface area contributed by atoms with Gasteiger partial charge in [-0.2, -0.15) is 11.8 Å². The van der Waals surface area contributed by atoms with Crippen molar-refractivity contribution in [1.29, 1.82) is 0 Å². The Balaban J connectivity index is 2.26. The molecule has 0 saturated carbocycles. The van der Waals surface area contributed by atoms with Crippen molar-refractivity contribution in [2.45, 2.75) is 38.6 Å². The van der Waals surface area contributed by atoms with Crippen molar-refractivity contribution in [3.8, 4) is 0 Å². The van der Waals surface area contributed by atoms with E-state index < -0.39 is 5.54 Å². The molecule has 1 unspecified atom stereocenters. The number of benzene rings is 1. The van der Waals surface area contributed by atoms with Crippen molar-refractivity contribution >= 4 is 28.7 Å². The average molecular weight is 334 g/mol. The smallest absolute Gasteiger partial charge is 0.240 e. The van der Waals surface area contributed by atoms with Crippen LogP contribution in [0.3, 0.4) is 0 Å². The van der Waals surface area contributed by atoms with Crippen molar-refractivity contribution in [2.24, 2.45) is 11.7 Å². The van der Waals surface area contributed by atoms with E-state index in [-0.39, 0.29) is 18.4 Å². The Bertz CT molecular complexity index is 682. The number of rotatable bonds is 7. The number of hydrogen-bond donors (Lipinski definition) is 2. The number of thioether (sulfide) groups is 1. The van der Waals surface area contributed by atoms with Crippen LogP contribution in [0.4, 0.5) is 0 Å². The molecular weight excluding hydrogens is 308 g/mol. The van der Waals surface area contributed by atoms with E-state index in [1.54, 1.807) is 11.8 Å². The number of carbonyl (C=O) groups is 1. The van der Waals surface area contributed by atoms with Gasteiger partial charge in [0, 0.05) is 6.54 Å². The van der Waals surface area contributed by atoms with Crippen LogP contribution in [-0.2, 0) is 17.1 Å². The van der Waals surface area contributed by atoms with Gasteiger partial charge in [0.1, 0.15) is 12.4 Å². The molecule has 2 rings (SSSR count).